The van der Waals surface area contributed by atoms with Crippen LogP contribution in [-0.4, -0.2) is 35.2 Å². The molecule has 0 aliphatic heterocycles. The molecule has 10 heteroatoms. The fourth-order valence-electron chi connectivity index (χ4n) is 0. The number of rotatable bonds is 0. The van der Waals surface area contributed by atoms with Gasteiger partial charge in [-0.1, -0.05) is 0 Å². The Balaban J connectivity index is -0.00000000300. The molecule has 0 aromatic rings. The summed E-state index contributed by atoms with van der Waals surface area (Å²) in [6.07, 6.45) is 0. The molecule has 0 aromatic heterocycles. The first-order valence-electron chi connectivity index (χ1n) is 0.500. The smallest absolute Gasteiger partial charge is 0.784 e. The third-order valence-electron chi connectivity index (χ3n) is 0. The number of hydrogen-bond acceptors (Lipinski definition) is 3. The van der Waals surface area contributed by atoms with Crippen LogP contribution in [0.2, 0.25) is 0 Å². The van der Waals surface area contributed by atoms with Gasteiger partial charge in [-0.3, -0.25) is 4.21 Å². The molecule has 0 spiro atoms. The van der Waals surface area contributed by atoms with Gasteiger partial charge in [0.2, 0.25) is 0 Å². The molecule has 0 heterocycles. The van der Waals surface area contributed by atoms with Crippen molar-refractivity contribution in [3.63, 3.8) is 0 Å². The van der Waals surface area contributed by atoms with Gasteiger partial charge < -0.3 is 31.0 Å². The minimum atomic E-state index is -3.11. The Morgan fingerprint density at radius 1 is 0.800 bits per heavy atom. The zero-order valence-electron chi connectivity index (χ0n) is 5.63. The van der Waals surface area contributed by atoms with Crippen LogP contribution in [-0.2, 0) is 11.4 Å². The van der Waals surface area contributed by atoms with E-state index in [1.807, 2.05) is 0 Å². The minimum absolute atomic E-state index is 0. The van der Waals surface area contributed by atoms with Crippen molar-refractivity contribution in [2.45, 2.75) is 0 Å². The summed E-state index contributed by atoms with van der Waals surface area (Å²) in [5.41, 5.74) is 0. The second-order valence-corrected chi connectivity index (χ2v) is 0.612. The van der Waals surface area contributed by atoms with Crippen LogP contribution in [0.25, 0.3) is 0 Å². The van der Waals surface area contributed by atoms with Crippen LogP contribution in [0.15, 0.2) is 0 Å². The second kappa shape index (κ2) is 44.4. The van der Waals surface area contributed by atoms with Gasteiger partial charge in [0.1, 0.15) is 0 Å². The van der Waals surface area contributed by atoms with E-state index in [1.54, 1.807) is 0 Å². The van der Waals surface area contributed by atoms with Crippen LogP contribution in [0.5, 0.6) is 0 Å². The van der Waals surface area contributed by atoms with Crippen LogP contribution in [0.3, 0.4) is 0 Å². The molecule has 0 saturated carbocycles. The van der Waals surface area contributed by atoms with E-state index in [1.165, 1.54) is 0 Å². The van der Waals surface area contributed by atoms with Crippen molar-refractivity contribution in [2.24, 2.45) is 0 Å². The molecule has 0 rings (SSSR count). The predicted molar refractivity (Wildman–Crippen MR) is 24.2 cm³/mol. The van der Waals surface area contributed by atoms with Gasteiger partial charge in [-0.2, -0.15) is 0 Å². The fraction of sp³-hybridized carbons (Fsp3) is 0. The van der Waals surface area contributed by atoms with Crippen LogP contribution >= 0.6 is 0 Å². The third-order valence-corrected chi connectivity index (χ3v) is 0. The van der Waals surface area contributed by atoms with Crippen LogP contribution in [0.4, 0.5) is 0 Å². The molecular weight excluding hydrogens is 190 g/mol. The SMILES string of the molecule is O.O.O.O.O=S([O-])[O-].[Na+].[Na+]. The van der Waals surface area contributed by atoms with E-state index < -0.39 is 11.4 Å². The van der Waals surface area contributed by atoms with Crippen molar-refractivity contribution in [1.82, 2.24) is 0 Å². The molecule has 0 saturated heterocycles. The second-order valence-electron chi connectivity index (χ2n) is 0.204. The molecule has 0 fully saturated rings. The van der Waals surface area contributed by atoms with Crippen molar-refractivity contribution in [3.8, 4) is 0 Å². The monoisotopic (exact) mass is 198 g/mol. The van der Waals surface area contributed by atoms with Gasteiger partial charge in [-0.05, 0) is 0 Å². The Hall–Kier alpha value is 1.91. The summed E-state index contributed by atoms with van der Waals surface area (Å²) in [5, 5.41) is 0. The zero-order chi connectivity index (χ0) is 3.58. The van der Waals surface area contributed by atoms with Gasteiger partial charge >= 0.3 is 59.1 Å². The molecule has 0 aliphatic rings. The van der Waals surface area contributed by atoms with E-state index >= 15 is 0 Å². The maximum atomic E-state index is 8.44. The summed E-state index contributed by atoms with van der Waals surface area (Å²) >= 11 is -3.11. The van der Waals surface area contributed by atoms with Crippen molar-refractivity contribution >= 4 is 11.4 Å². The first-order chi connectivity index (χ1) is 1.73. The fourth-order valence-corrected chi connectivity index (χ4v) is 0. The Morgan fingerprint density at radius 3 is 0.800 bits per heavy atom. The maximum absolute atomic E-state index is 8.44. The molecular formula is H8Na2O7S. The van der Waals surface area contributed by atoms with E-state index in [-0.39, 0.29) is 81.0 Å². The van der Waals surface area contributed by atoms with Crippen molar-refractivity contribution in [2.75, 3.05) is 0 Å². The van der Waals surface area contributed by atoms with Gasteiger partial charge in [0.15, 0.2) is 0 Å². The average molecular weight is 198 g/mol. The van der Waals surface area contributed by atoms with Crippen LogP contribution in [0.1, 0.15) is 0 Å². The van der Waals surface area contributed by atoms with Gasteiger partial charge in [0.25, 0.3) is 0 Å². The molecule has 7 nitrogen and oxygen atoms in total. The molecule has 8 N–H and O–H groups in total. The minimum Gasteiger partial charge on any atom is -0.784 e. The van der Waals surface area contributed by atoms with Gasteiger partial charge in [-0.15, -0.1) is 11.4 Å². The summed E-state index contributed by atoms with van der Waals surface area (Å²) in [6.45, 7) is 0. The zero-order valence-corrected chi connectivity index (χ0v) is 10.4. The van der Waals surface area contributed by atoms with E-state index in [9.17, 15) is 0 Å². The van der Waals surface area contributed by atoms with Crippen molar-refractivity contribution < 1.29 is 94.3 Å². The van der Waals surface area contributed by atoms with Gasteiger partial charge in [0.05, 0.1) is 0 Å². The molecule has 0 bridgehead atoms. The van der Waals surface area contributed by atoms with E-state index in [0.717, 1.165) is 0 Å². The van der Waals surface area contributed by atoms with E-state index in [4.69, 9.17) is 13.3 Å². The summed E-state index contributed by atoms with van der Waals surface area (Å²) in [7, 11) is 0. The van der Waals surface area contributed by atoms with E-state index in [0.29, 0.717) is 0 Å². The topological polar surface area (TPSA) is 189 Å². The Kier molecular flexibility index (Phi) is 261. The molecule has 0 radical (unpaired) electrons. The quantitative estimate of drug-likeness (QED) is 0.276. The van der Waals surface area contributed by atoms with Crippen molar-refractivity contribution in [3.05, 3.63) is 0 Å². The van der Waals surface area contributed by atoms with E-state index in [2.05, 4.69) is 0 Å². The third kappa shape index (κ3) is 216. The summed E-state index contributed by atoms with van der Waals surface area (Å²) in [6, 6.07) is 0. The Morgan fingerprint density at radius 2 is 0.800 bits per heavy atom. The molecule has 0 atom stereocenters. The molecule has 10 heavy (non-hydrogen) atoms. The molecule has 0 aromatic carbocycles. The first kappa shape index (κ1) is 58.8. The molecule has 0 aliphatic carbocycles. The van der Waals surface area contributed by atoms with Gasteiger partial charge in [0, 0.05) is 0 Å². The predicted octanol–water partition coefficient (Wildman–Crippen LogP) is -10.3. The Bertz CT molecular complexity index is 34.6. The summed E-state index contributed by atoms with van der Waals surface area (Å²) in [4.78, 5) is 0. The summed E-state index contributed by atoms with van der Waals surface area (Å²) in [5.74, 6) is 0. The average Bonchev–Trinajstić information content (AvgIpc) is 0.811. The molecule has 0 unspecified atom stereocenters. The molecule has 0 amide bonds. The van der Waals surface area contributed by atoms with Crippen molar-refractivity contribution in [1.29, 1.82) is 0 Å². The van der Waals surface area contributed by atoms with Crippen LogP contribution in [0, 0.1) is 0 Å². The van der Waals surface area contributed by atoms with Gasteiger partial charge in [-0.25, -0.2) is 0 Å². The van der Waals surface area contributed by atoms with Crippen LogP contribution < -0.4 is 59.1 Å². The Labute approximate surface area is 105 Å². The maximum Gasteiger partial charge on any atom is 1.00 e. The standard InChI is InChI=1S/2Na.H2O3S.4H2O/c;;1-4(2)3;;;;/h;;(H2,1,2,3);4*1H2/q2*+1;;;;;/p-2. The largest absolute Gasteiger partial charge is 1.00 e. The summed E-state index contributed by atoms with van der Waals surface area (Å²) < 4.78 is 25.3. The normalized spacial score (nSPS) is 3.50. The number of hydrogen-bond donors (Lipinski definition) is 0. The first-order valence-corrected chi connectivity index (χ1v) is 1.50. The molecule has 58 valence electrons.